The van der Waals surface area contributed by atoms with Gasteiger partial charge in [-0.1, -0.05) is 6.07 Å². The maximum Gasteiger partial charge on any atom is 0.305 e. The summed E-state index contributed by atoms with van der Waals surface area (Å²) in [5.74, 6) is -0.101. The Bertz CT molecular complexity index is 604. The Morgan fingerprint density at radius 3 is 2.95 bits per heavy atom. The van der Waals surface area contributed by atoms with Crippen LogP contribution in [0, 0.1) is 6.92 Å². The fraction of sp³-hybridized carbons (Fsp3) is 0.308. The first-order valence-electron chi connectivity index (χ1n) is 6.05. The Hall–Kier alpha value is -2.15. The highest BCUT2D eigenvalue weighted by Crippen LogP contribution is 2.25. The number of amides is 1. The van der Waals surface area contributed by atoms with Crippen LogP contribution < -0.4 is 5.32 Å². The molecule has 2 aromatic heterocycles. The third kappa shape index (κ3) is 3.67. The van der Waals surface area contributed by atoms with Crippen molar-refractivity contribution in [2.45, 2.75) is 19.8 Å². The molecule has 7 heteroatoms. The number of nitrogens with one attached hydrogen (secondary N) is 1. The van der Waals surface area contributed by atoms with E-state index in [0.29, 0.717) is 17.3 Å². The summed E-state index contributed by atoms with van der Waals surface area (Å²) in [7, 11) is 0. The number of carbonyl (C=O) groups excluding carboxylic acids is 1. The number of nitrogens with zero attached hydrogens (tertiary/aromatic N) is 1. The maximum absolute atomic E-state index is 11.7. The van der Waals surface area contributed by atoms with Crippen LogP contribution in [-0.4, -0.2) is 28.5 Å². The lowest BCUT2D eigenvalue weighted by Gasteiger charge is -2.01. The summed E-state index contributed by atoms with van der Waals surface area (Å²) in [4.78, 5) is 27.2. The van der Waals surface area contributed by atoms with E-state index in [1.54, 1.807) is 6.92 Å². The van der Waals surface area contributed by atoms with Crippen molar-refractivity contribution in [3.63, 3.8) is 0 Å². The van der Waals surface area contributed by atoms with Gasteiger partial charge in [-0.25, -0.2) is 4.98 Å². The number of carboxylic acid groups (broad SMARTS) is 1. The van der Waals surface area contributed by atoms with E-state index in [1.165, 1.54) is 11.3 Å². The number of aliphatic carboxylic acids is 1. The summed E-state index contributed by atoms with van der Waals surface area (Å²) in [5.41, 5.74) is 0.571. The van der Waals surface area contributed by atoms with Gasteiger partial charge in [0.2, 0.25) is 11.8 Å². The van der Waals surface area contributed by atoms with Crippen molar-refractivity contribution < 1.29 is 19.1 Å². The van der Waals surface area contributed by atoms with Crippen LogP contribution in [-0.2, 0) is 16.0 Å². The van der Waals surface area contributed by atoms with Crippen LogP contribution in [0.4, 0.5) is 0 Å². The topological polar surface area (TPSA) is 92.4 Å². The summed E-state index contributed by atoms with van der Waals surface area (Å²) in [5, 5.41) is 13.0. The second-order valence-corrected chi connectivity index (χ2v) is 5.12. The number of thiophene rings is 1. The molecule has 0 atom stereocenters. The fourth-order valence-electron chi connectivity index (χ4n) is 1.62. The first-order valence-corrected chi connectivity index (χ1v) is 6.93. The number of rotatable bonds is 6. The van der Waals surface area contributed by atoms with E-state index in [1.807, 2.05) is 17.5 Å². The van der Waals surface area contributed by atoms with E-state index in [-0.39, 0.29) is 25.3 Å². The Labute approximate surface area is 119 Å². The molecule has 6 nitrogen and oxygen atoms in total. The zero-order valence-electron chi connectivity index (χ0n) is 10.9. The predicted molar refractivity (Wildman–Crippen MR) is 73.5 cm³/mol. The van der Waals surface area contributed by atoms with Crippen molar-refractivity contribution in [3.8, 4) is 10.8 Å². The van der Waals surface area contributed by atoms with Gasteiger partial charge in [-0.3, -0.25) is 9.59 Å². The van der Waals surface area contributed by atoms with Crippen LogP contribution in [0.25, 0.3) is 10.8 Å². The molecule has 0 aliphatic heterocycles. The summed E-state index contributed by atoms with van der Waals surface area (Å²) in [6, 6.07) is 3.80. The van der Waals surface area contributed by atoms with Crippen LogP contribution in [0.5, 0.6) is 0 Å². The van der Waals surface area contributed by atoms with Gasteiger partial charge in [0.05, 0.1) is 23.4 Å². The minimum Gasteiger partial charge on any atom is -0.481 e. The van der Waals surface area contributed by atoms with E-state index < -0.39 is 5.97 Å². The molecule has 0 saturated heterocycles. The van der Waals surface area contributed by atoms with Crippen LogP contribution in [0.2, 0.25) is 0 Å². The van der Waals surface area contributed by atoms with Crippen LogP contribution in [0.3, 0.4) is 0 Å². The first kappa shape index (κ1) is 14.3. The molecule has 0 saturated carbocycles. The summed E-state index contributed by atoms with van der Waals surface area (Å²) >= 11 is 1.51. The Kier molecular flexibility index (Phi) is 4.52. The number of aromatic nitrogens is 1. The van der Waals surface area contributed by atoms with Gasteiger partial charge in [0.25, 0.3) is 0 Å². The molecule has 0 aliphatic rings. The van der Waals surface area contributed by atoms with Crippen molar-refractivity contribution in [2.75, 3.05) is 6.54 Å². The number of oxazole rings is 1. The van der Waals surface area contributed by atoms with Gasteiger partial charge >= 0.3 is 5.97 Å². The normalized spacial score (nSPS) is 10.4. The number of hydrogen-bond acceptors (Lipinski definition) is 5. The molecule has 0 aromatic carbocycles. The van der Waals surface area contributed by atoms with Crippen molar-refractivity contribution >= 4 is 23.2 Å². The van der Waals surface area contributed by atoms with Crippen molar-refractivity contribution in [2.24, 2.45) is 0 Å². The molecular weight excluding hydrogens is 280 g/mol. The summed E-state index contributed by atoms with van der Waals surface area (Å²) in [6.45, 7) is 1.87. The molecule has 0 aliphatic carbocycles. The number of aryl methyl sites for hydroxylation is 1. The standard InChI is InChI=1S/C13H14N2O4S/c1-8-9(7-11(16)14-5-4-12(17)18)15-13(19-8)10-3-2-6-20-10/h2-3,6H,4-5,7H2,1H3,(H,14,16)(H,17,18). The molecule has 2 aromatic rings. The van der Waals surface area contributed by atoms with Gasteiger partial charge in [0.1, 0.15) is 5.76 Å². The van der Waals surface area contributed by atoms with Crippen LogP contribution >= 0.6 is 11.3 Å². The summed E-state index contributed by atoms with van der Waals surface area (Å²) < 4.78 is 5.53. The van der Waals surface area contributed by atoms with E-state index >= 15 is 0 Å². The molecule has 106 valence electrons. The molecule has 2 N–H and O–H groups in total. The third-order valence-electron chi connectivity index (χ3n) is 2.61. The van der Waals surface area contributed by atoms with E-state index in [2.05, 4.69) is 10.3 Å². The summed E-state index contributed by atoms with van der Waals surface area (Å²) in [6.07, 6.45) is -0.00961. The van der Waals surface area contributed by atoms with Crippen LogP contribution in [0.15, 0.2) is 21.9 Å². The third-order valence-corrected chi connectivity index (χ3v) is 3.47. The Morgan fingerprint density at radius 1 is 1.50 bits per heavy atom. The molecular formula is C13H14N2O4S. The lowest BCUT2D eigenvalue weighted by molar-refractivity contribution is -0.136. The van der Waals surface area contributed by atoms with Gasteiger partial charge < -0.3 is 14.8 Å². The van der Waals surface area contributed by atoms with Crippen LogP contribution in [0.1, 0.15) is 17.9 Å². The Morgan fingerprint density at radius 2 is 2.30 bits per heavy atom. The lowest BCUT2D eigenvalue weighted by atomic mass is 10.2. The van der Waals surface area contributed by atoms with Gasteiger partial charge in [-0.2, -0.15) is 0 Å². The van der Waals surface area contributed by atoms with Gasteiger partial charge in [0.15, 0.2) is 0 Å². The van der Waals surface area contributed by atoms with Crippen molar-refractivity contribution in [3.05, 3.63) is 29.0 Å². The fourth-order valence-corrected chi connectivity index (χ4v) is 2.27. The number of carboxylic acids is 1. The lowest BCUT2D eigenvalue weighted by Crippen LogP contribution is -2.27. The molecule has 20 heavy (non-hydrogen) atoms. The molecule has 2 heterocycles. The minimum atomic E-state index is -0.942. The van der Waals surface area contributed by atoms with E-state index in [9.17, 15) is 9.59 Å². The Balaban J connectivity index is 1.96. The first-order chi connectivity index (χ1) is 9.56. The van der Waals surface area contributed by atoms with Gasteiger partial charge in [0, 0.05) is 6.54 Å². The molecule has 1 amide bonds. The second kappa shape index (κ2) is 6.33. The van der Waals surface area contributed by atoms with Gasteiger partial charge in [-0.05, 0) is 18.4 Å². The molecule has 0 spiro atoms. The van der Waals surface area contributed by atoms with E-state index in [4.69, 9.17) is 9.52 Å². The quantitative estimate of drug-likeness (QED) is 0.848. The highest BCUT2D eigenvalue weighted by Gasteiger charge is 2.15. The molecule has 0 unspecified atom stereocenters. The maximum atomic E-state index is 11.7. The number of carbonyl (C=O) groups is 2. The molecule has 0 fully saturated rings. The highest BCUT2D eigenvalue weighted by molar-refractivity contribution is 7.13. The monoisotopic (exact) mass is 294 g/mol. The molecule has 0 bridgehead atoms. The zero-order chi connectivity index (χ0) is 14.5. The number of hydrogen-bond donors (Lipinski definition) is 2. The predicted octanol–water partition coefficient (Wildman–Crippen LogP) is 1.84. The van der Waals surface area contributed by atoms with Gasteiger partial charge in [-0.15, -0.1) is 11.3 Å². The largest absolute Gasteiger partial charge is 0.481 e. The average Bonchev–Trinajstić information content (AvgIpc) is 2.99. The zero-order valence-corrected chi connectivity index (χ0v) is 11.7. The van der Waals surface area contributed by atoms with Crippen molar-refractivity contribution in [1.29, 1.82) is 0 Å². The van der Waals surface area contributed by atoms with E-state index in [0.717, 1.165) is 4.88 Å². The SMILES string of the molecule is Cc1oc(-c2cccs2)nc1CC(=O)NCCC(=O)O. The smallest absolute Gasteiger partial charge is 0.305 e. The highest BCUT2D eigenvalue weighted by atomic mass is 32.1. The molecule has 0 radical (unpaired) electrons. The van der Waals surface area contributed by atoms with Crippen molar-refractivity contribution in [1.82, 2.24) is 10.3 Å². The minimum absolute atomic E-state index is 0.0837. The molecule has 2 rings (SSSR count). The average molecular weight is 294 g/mol. The second-order valence-electron chi connectivity index (χ2n) is 4.17.